The SMILES string of the molecule is CC(N)C(C)C(=O)N(C)CCC1CCCCN1C.Cl.Cl. The summed E-state index contributed by atoms with van der Waals surface area (Å²) >= 11 is 0. The third-order valence-electron chi connectivity index (χ3n) is 4.27. The van der Waals surface area contributed by atoms with Crippen molar-refractivity contribution in [2.24, 2.45) is 11.7 Å². The number of likely N-dealkylation sites (tertiary alicyclic amines) is 1. The van der Waals surface area contributed by atoms with Crippen LogP contribution < -0.4 is 5.73 Å². The number of rotatable bonds is 5. The number of amides is 1. The molecule has 1 rings (SSSR count). The Balaban J connectivity index is 0. The zero-order valence-corrected chi connectivity index (χ0v) is 14.8. The van der Waals surface area contributed by atoms with E-state index in [1.54, 1.807) is 0 Å². The summed E-state index contributed by atoms with van der Waals surface area (Å²) in [6, 6.07) is 0.567. The summed E-state index contributed by atoms with van der Waals surface area (Å²) in [4.78, 5) is 16.3. The van der Waals surface area contributed by atoms with Gasteiger partial charge in [-0.1, -0.05) is 13.3 Å². The zero-order valence-electron chi connectivity index (χ0n) is 13.2. The molecule has 0 saturated carbocycles. The van der Waals surface area contributed by atoms with E-state index in [1.807, 2.05) is 25.8 Å². The third kappa shape index (κ3) is 6.61. The molecule has 1 amide bonds. The minimum Gasteiger partial charge on any atom is -0.345 e. The topological polar surface area (TPSA) is 49.6 Å². The fraction of sp³-hybridized carbons (Fsp3) is 0.929. The molecule has 1 heterocycles. The molecule has 0 aromatic heterocycles. The smallest absolute Gasteiger partial charge is 0.226 e. The van der Waals surface area contributed by atoms with Crippen LogP contribution in [0.2, 0.25) is 0 Å². The lowest BCUT2D eigenvalue weighted by molar-refractivity contribution is -0.134. The first kappa shape index (κ1) is 22.3. The summed E-state index contributed by atoms with van der Waals surface area (Å²) in [5.74, 6) is 0.0857. The van der Waals surface area contributed by atoms with Crippen molar-refractivity contribution in [1.29, 1.82) is 0 Å². The molecule has 122 valence electrons. The molecule has 0 radical (unpaired) electrons. The quantitative estimate of drug-likeness (QED) is 0.841. The largest absolute Gasteiger partial charge is 0.345 e. The lowest BCUT2D eigenvalue weighted by Crippen LogP contribution is -2.43. The van der Waals surface area contributed by atoms with Crippen LogP contribution in [0.15, 0.2) is 0 Å². The average Bonchev–Trinajstić information content (AvgIpc) is 2.35. The summed E-state index contributed by atoms with van der Waals surface area (Å²) in [5.41, 5.74) is 5.78. The molecule has 1 aliphatic heterocycles. The van der Waals surface area contributed by atoms with Gasteiger partial charge in [0.1, 0.15) is 0 Å². The molecule has 0 aliphatic carbocycles. The number of carbonyl (C=O) groups excluding carboxylic acids is 1. The van der Waals surface area contributed by atoms with Gasteiger partial charge in [0.2, 0.25) is 5.91 Å². The van der Waals surface area contributed by atoms with Crippen LogP contribution in [-0.2, 0) is 4.79 Å². The van der Waals surface area contributed by atoms with Gasteiger partial charge in [0.05, 0.1) is 5.92 Å². The summed E-state index contributed by atoms with van der Waals surface area (Å²) in [7, 11) is 4.08. The molecular formula is C14H31Cl2N3O. The number of nitrogens with zero attached hydrogens (tertiary/aromatic N) is 2. The van der Waals surface area contributed by atoms with E-state index in [0.29, 0.717) is 6.04 Å². The molecule has 0 aromatic carbocycles. The predicted octanol–water partition coefficient (Wildman–Crippen LogP) is 2.15. The van der Waals surface area contributed by atoms with Gasteiger partial charge in [-0.15, -0.1) is 24.8 Å². The van der Waals surface area contributed by atoms with Crippen molar-refractivity contribution in [3.63, 3.8) is 0 Å². The van der Waals surface area contributed by atoms with Gasteiger partial charge < -0.3 is 15.5 Å². The molecule has 1 aliphatic rings. The van der Waals surface area contributed by atoms with E-state index in [1.165, 1.54) is 25.8 Å². The first-order valence-corrected chi connectivity index (χ1v) is 7.14. The molecule has 0 aromatic rings. The second kappa shape index (κ2) is 10.7. The van der Waals surface area contributed by atoms with Gasteiger partial charge in [0, 0.05) is 25.7 Å². The summed E-state index contributed by atoms with van der Waals surface area (Å²) < 4.78 is 0. The molecule has 20 heavy (non-hydrogen) atoms. The van der Waals surface area contributed by atoms with Crippen LogP contribution in [0.5, 0.6) is 0 Å². The fourth-order valence-electron chi connectivity index (χ4n) is 2.53. The molecular weight excluding hydrogens is 297 g/mol. The molecule has 1 fully saturated rings. The van der Waals surface area contributed by atoms with Crippen LogP contribution in [0.25, 0.3) is 0 Å². The van der Waals surface area contributed by atoms with Gasteiger partial charge in [0.25, 0.3) is 0 Å². The van der Waals surface area contributed by atoms with Crippen molar-refractivity contribution in [2.45, 2.75) is 51.6 Å². The monoisotopic (exact) mass is 327 g/mol. The lowest BCUT2D eigenvalue weighted by Gasteiger charge is -2.34. The number of halogens is 2. The lowest BCUT2D eigenvalue weighted by atomic mass is 9.99. The van der Waals surface area contributed by atoms with Crippen LogP contribution in [0.4, 0.5) is 0 Å². The van der Waals surface area contributed by atoms with E-state index in [9.17, 15) is 4.79 Å². The summed E-state index contributed by atoms with van der Waals surface area (Å²) in [6.07, 6.45) is 4.97. The molecule has 2 N–H and O–H groups in total. The highest BCUT2D eigenvalue weighted by atomic mass is 35.5. The Morgan fingerprint density at radius 3 is 2.45 bits per heavy atom. The Morgan fingerprint density at radius 1 is 1.35 bits per heavy atom. The fourth-order valence-corrected chi connectivity index (χ4v) is 2.53. The van der Waals surface area contributed by atoms with E-state index >= 15 is 0 Å². The van der Waals surface area contributed by atoms with E-state index in [0.717, 1.165) is 13.0 Å². The molecule has 0 spiro atoms. The molecule has 0 bridgehead atoms. The molecule has 1 saturated heterocycles. The molecule has 3 atom stereocenters. The molecule has 3 unspecified atom stereocenters. The van der Waals surface area contributed by atoms with Crippen molar-refractivity contribution in [3.05, 3.63) is 0 Å². The standard InChI is InChI=1S/C14H29N3O.2ClH/c1-11(12(2)15)14(18)17(4)10-8-13-7-5-6-9-16(13)3;;/h11-13H,5-10,15H2,1-4H3;2*1H. The van der Waals surface area contributed by atoms with Crippen molar-refractivity contribution < 1.29 is 4.79 Å². The van der Waals surface area contributed by atoms with Crippen molar-refractivity contribution in [2.75, 3.05) is 27.2 Å². The Hall–Kier alpha value is -0.0300. The Morgan fingerprint density at radius 2 is 1.95 bits per heavy atom. The third-order valence-corrected chi connectivity index (χ3v) is 4.27. The highest BCUT2D eigenvalue weighted by Gasteiger charge is 2.23. The highest BCUT2D eigenvalue weighted by molar-refractivity contribution is 5.85. The van der Waals surface area contributed by atoms with Gasteiger partial charge in [-0.25, -0.2) is 0 Å². The van der Waals surface area contributed by atoms with Gasteiger partial charge in [-0.2, -0.15) is 0 Å². The normalized spacial score (nSPS) is 22.1. The first-order valence-electron chi connectivity index (χ1n) is 7.14. The maximum absolute atomic E-state index is 12.1. The van der Waals surface area contributed by atoms with Crippen LogP contribution in [0, 0.1) is 5.92 Å². The number of nitrogens with two attached hydrogens (primary N) is 1. The summed E-state index contributed by atoms with van der Waals surface area (Å²) in [6.45, 7) is 5.84. The number of hydrogen-bond donors (Lipinski definition) is 1. The average molecular weight is 328 g/mol. The predicted molar refractivity (Wildman–Crippen MR) is 89.8 cm³/mol. The van der Waals surface area contributed by atoms with Gasteiger partial charge in [-0.05, 0) is 39.8 Å². The number of piperidine rings is 1. The Kier molecular flexibility index (Phi) is 11.9. The van der Waals surface area contributed by atoms with Gasteiger partial charge in [-0.3, -0.25) is 4.79 Å². The van der Waals surface area contributed by atoms with Gasteiger partial charge in [0.15, 0.2) is 0 Å². The maximum Gasteiger partial charge on any atom is 0.226 e. The van der Waals surface area contributed by atoms with Crippen molar-refractivity contribution >= 4 is 30.7 Å². The minimum absolute atomic E-state index is 0. The first-order chi connectivity index (χ1) is 8.43. The zero-order chi connectivity index (χ0) is 13.7. The van der Waals surface area contributed by atoms with E-state index in [-0.39, 0.29) is 42.7 Å². The molecule has 4 nitrogen and oxygen atoms in total. The second-order valence-electron chi connectivity index (χ2n) is 5.83. The van der Waals surface area contributed by atoms with Crippen LogP contribution in [0.3, 0.4) is 0 Å². The van der Waals surface area contributed by atoms with Crippen molar-refractivity contribution in [3.8, 4) is 0 Å². The Labute approximate surface area is 136 Å². The highest BCUT2D eigenvalue weighted by Crippen LogP contribution is 2.18. The van der Waals surface area contributed by atoms with E-state index in [2.05, 4.69) is 11.9 Å². The van der Waals surface area contributed by atoms with Crippen LogP contribution in [0.1, 0.15) is 39.5 Å². The minimum atomic E-state index is -0.0842. The van der Waals surface area contributed by atoms with Crippen LogP contribution >= 0.6 is 24.8 Å². The molecule has 6 heteroatoms. The second-order valence-corrected chi connectivity index (χ2v) is 5.83. The van der Waals surface area contributed by atoms with E-state index < -0.39 is 0 Å². The van der Waals surface area contributed by atoms with Crippen LogP contribution in [-0.4, -0.2) is 55.0 Å². The number of carbonyl (C=O) groups is 1. The summed E-state index contributed by atoms with van der Waals surface area (Å²) in [5, 5.41) is 0. The Bertz CT molecular complexity index is 277. The van der Waals surface area contributed by atoms with E-state index in [4.69, 9.17) is 5.73 Å². The number of hydrogen-bond acceptors (Lipinski definition) is 3. The van der Waals surface area contributed by atoms with Crippen molar-refractivity contribution in [1.82, 2.24) is 9.80 Å². The van der Waals surface area contributed by atoms with Gasteiger partial charge >= 0.3 is 0 Å². The maximum atomic E-state index is 12.1.